The topological polar surface area (TPSA) is 65.8 Å². The van der Waals surface area contributed by atoms with Crippen LogP contribution in [0.1, 0.15) is 15.9 Å². The van der Waals surface area contributed by atoms with Crippen molar-refractivity contribution in [1.82, 2.24) is 4.98 Å². The largest absolute Gasteiger partial charge is 0.321 e. The molecule has 4 nitrogen and oxygen atoms in total. The summed E-state index contributed by atoms with van der Waals surface area (Å²) in [6, 6.07) is 8.51. The smallest absolute Gasteiger partial charge is 0.255 e. The monoisotopic (exact) mass is 319 g/mol. The number of carbonyl (C=O) groups excluding carboxylic acids is 1. The van der Waals surface area contributed by atoms with Crippen LogP contribution in [-0.4, -0.2) is 10.9 Å². The van der Waals surface area contributed by atoms with Gasteiger partial charge in [0.05, 0.1) is 11.3 Å². The second kappa shape index (κ2) is 5.59. The van der Waals surface area contributed by atoms with Crippen molar-refractivity contribution in [1.29, 1.82) is 5.26 Å². The lowest BCUT2D eigenvalue weighted by Crippen LogP contribution is -2.13. The van der Waals surface area contributed by atoms with Crippen LogP contribution >= 0.6 is 15.9 Å². The molecule has 0 bridgehead atoms. The average molecular weight is 320 g/mol. The zero-order chi connectivity index (χ0) is 13.8. The van der Waals surface area contributed by atoms with E-state index in [1.54, 1.807) is 6.07 Å². The zero-order valence-electron chi connectivity index (χ0n) is 9.52. The Morgan fingerprint density at radius 3 is 2.84 bits per heavy atom. The number of pyridine rings is 1. The minimum atomic E-state index is -0.527. The molecule has 0 aliphatic carbocycles. The highest BCUT2D eigenvalue weighted by Crippen LogP contribution is 2.17. The third-order valence-electron chi connectivity index (χ3n) is 2.34. The molecular formula is C13H7BrFN3O. The number of anilines is 1. The van der Waals surface area contributed by atoms with E-state index < -0.39 is 11.7 Å². The standard InChI is InChI=1S/C13H7BrFN3O/c14-12-6-8(3-4-17-12)13(19)18-11-2-1-10(15)5-9(11)7-16/h1-6H,(H,18,19). The molecule has 0 atom stereocenters. The Balaban J connectivity index is 2.27. The van der Waals surface area contributed by atoms with Crippen LogP contribution in [0.15, 0.2) is 41.1 Å². The Kier molecular flexibility index (Phi) is 3.88. The second-order valence-electron chi connectivity index (χ2n) is 3.62. The Bertz CT molecular complexity index is 682. The van der Waals surface area contributed by atoms with Crippen molar-refractivity contribution >= 4 is 27.5 Å². The van der Waals surface area contributed by atoms with Crippen LogP contribution in [-0.2, 0) is 0 Å². The van der Waals surface area contributed by atoms with Gasteiger partial charge < -0.3 is 5.32 Å². The predicted molar refractivity (Wildman–Crippen MR) is 71.0 cm³/mol. The van der Waals surface area contributed by atoms with E-state index in [4.69, 9.17) is 5.26 Å². The van der Waals surface area contributed by atoms with Gasteiger partial charge in [0.2, 0.25) is 0 Å². The van der Waals surface area contributed by atoms with E-state index in [9.17, 15) is 9.18 Å². The second-order valence-corrected chi connectivity index (χ2v) is 4.44. The van der Waals surface area contributed by atoms with E-state index in [2.05, 4.69) is 26.2 Å². The number of nitrogens with zero attached hydrogens (tertiary/aromatic N) is 2. The van der Waals surface area contributed by atoms with Crippen molar-refractivity contribution in [2.45, 2.75) is 0 Å². The summed E-state index contributed by atoms with van der Waals surface area (Å²) in [5.74, 6) is -0.924. The van der Waals surface area contributed by atoms with E-state index in [-0.39, 0.29) is 11.3 Å². The Hall–Kier alpha value is -2.26. The maximum atomic E-state index is 13.0. The van der Waals surface area contributed by atoms with Crippen molar-refractivity contribution in [2.75, 3.05) is 5.32 Å². The zero-order valence-corrected chi connectivity index (χ0v) is 11.1. The molecule has 0 fully saturated rings. The summed E-state index contributed by atoms with van der Waals surface area (Å²) in [6.45, 7) is 0. The minimum Gasteiger partial charge on any atom is -0.321 e. The van der Waals surface area contributed by atoms with Crippen LogP contribution in [0.5, 0.6) is 0 Å². The van der Waals surface area contributed by atoms with Crippen molar-refractivity contribution < 1.29 is 9.18 Å². The molecule has 0 unspecified atom stereocenters. The van der Waals surface area contributed by atoms with Crippen molar-refractivity contribution in [3.8, 4) is 6.07 Å². The number of hydrogen-bond acceptors (Lipinski definition) is 3. The first-order chi connectivity index (χ1) is 9.10. The van der Waals surface area contributed by atoms with Crippen LogP contribution in [0.25, 0.3) is 0 Å². The first-order valence-corrected chi connectivity index (χ1v) is 6.02. The lowest BCUT2D eigenvalue weighted by Gasteiger charge is -2.07. The van der Waals surface area contributed by atoms with Crippen LogP contribution in [0.4, 0.5) is 10.1 Å². The fraction of sp³-hybridized carbons (Fsp3) is 0. The highest BCUT2D eigenvalue weighted by Gasteiger charge is 2.10. The number of nitriles is 1. The lowest BCUT2D eigenvalue weighted by molar-refractivity contribution is 0.102. The first-order valence-electron chi connectivity index (χ1n) is 5.22. The van der Waals surface area contributed by atoms with E-state index >= 15 is 0 Å². The summed E-state index contributed by atoms with van der Waals surface area (Å²) >= 11 is 3.16. The molecule has 2 aromatic rings. The molecule has 2 rings (SSSR count). The number of carbonyl (C=O) groups is 1. The number of benzene rings is 1. The van der Waals surface area contributed by atoms with Crippen molar-refractivity contribution in [3.05, 3.63) is 58.1 Å². The third kappa shape index (κ3) is 3.14. The number of rotatable bonds is 2. The molecular weight excluding hydrogens is 313 g/mol. The molecule has 1 amide bonds. The van der Waals surface area contributed by atoms with Gasteiger partial charge >= 0.3 is 0 Å². The number of aromatic nitrogens is 1. The fourth-order valence-corrected chi connectivity index (χ4v) is 1.82. The minimum absolute atomic E-state index is 0.0708. The van der Waals surface area contributed by atoms with Crippen molar-refractivity contribution in [3.63, 3.8) is 0 Å². The highest BCUT2D eigenvalue weighted by molar-refractivity contribution is 9.10. The molecule has 0 aliphatic heterocycles. The van der Waals surface area contributed by atoms with Gasteiger partial charge in [0.15, 0.2) is 0 Å². The number of nitrogens with one attached hydrogen (secondary N) is 1. The average Bonchev–Trinajstić information content (AvgIpc) is 2.40. The normalized spacial score (nSPS) is 9.74. The lowest BCUT2D eigenvalue weighted by atomic mass is 10.1. The maximum Gasteiger partial charge on any atom is 0.255 e. The molecule has 0 saturated heterocycles. The molecule has 0 saturated carbocycles. The highest BCUT2D eigenvalue weighted by atomic mass is 79.9. The molecule has 0 aliphatic rings. The van der Waals surface area contributed by atoms with Gasteiger partial charge in [-0.15, -0.1) is 0 Å². The van der Waals surface area contributed by atoms with Gasteiger partial charge in [-0.25, -0.2) is 9.37 Å². The van der Waals surface area contributed by atoms with E-state index in [1.165, 1.54) is 24.4 Å². The molecule has 1 aromatic carbocycles. The summed E-state index contributed by atoms with van der Waals surface area (Å²) in [5.41, 5.74) is 0.721. The molecule has 1 heterocycles. The Morgan fingerprint density at radius 2 is 2.16 bits per heavy atom. The Labute approximate surface area is 117 Å². The van der Waals surface area contributed by atoms with Crippen molar-refractivity contribution in [2.24, 2.45) is 0 Å². The van der Waals surface area contributed by atoms with Gasteiger partial charge in [0, 0.05) is 11.8 Å². The summed E-state index contributed by atoms with van der Waals surface area (Å²) in [4.78, 5) is 15.9. The number of hydrogen-bond donors (Lipinski definition) is 1. The summed E-state index contributed by atoms with van der Waals surface area (Å²) < 4.78 is 13.5. The molecule has 1 N–H and O–H groups in total. The molecule has 6 heteroatoms. The third-order valence-corrected chi connectivity index (χ3v) is 2.77. The Morgan fingerprint density at radius 1 is 1.37 bits per heavy atom. The van der Waals surface area contributed by atoms with Gasteiger partial charge in [-0.3, -0.25) is 4.79 Å². The molecule has 1 aromatic heterocycles. The number of halogens is 2. The van der Waals surface area contributed by atoms with Gasteiger partial charge in [0.25, 0.3) is 5.91 Å². The van der Waals surface area contributed by atoms with Crippen LogP contribution in [0.3, 0.4) is 0 Å². The van der Waals surface area contributed by atoms with E-state index in [0.29, 0.717) is 10.2 Å². The molecule has 94 valence electrons. The first kappa shape index (κ1) is 13.2. The SMILES string of the molecule is N#Cc1cc(F)ccc1NC(=O)c1ccnc(Br)c1. The fourth-order valence-electron chi connectivity index (χ4n) is 1.46. The van der Waals surface area contributed by atoms with Crippen LogP contribution in [0, 0.1) is 17.1 Å². The van der Waals surface area contributed by atoms with Gasteiger partial charge in [-0.2, -0.15) is 5.26 Å². The van der Waals surface area contributed by atoms with Crippen LogP contribution < -0.4 is 5.32 Å². The summed E-state index contributed by atoms with van der Waals surface area (Å²) in [6.07, 6.45) is 1.48. The van der Waals surface area contributed by atoms with Gasteiger partial charge in [-0.1, -0.05) is 0 Å². The number of amides is 1. The van der Waals surface area contributed by atoms with E-state index in [0.717, 1.165) is 6.07 Å². The maximum absolute atomic E-state index is 13.0. The quantitative estimate of drug-likeness (QED) is 0.865. The van der Waals surface area contributed by atoms with Gasteiger partial charge in [0.1, 0.15) is 16.5 Å². The summed E-state index contributed by atoms with van der Waals surface area (Å²) in [5, 5.41) is 11.4. The van der Waals surface area contributed by atoms with Crippen LogP contribution in [0.2, 0.25) is 0 Å². The molecule has 0 radical (unpaired) electrons. The van der Waals surface area contributed by atoms with Gasteiger partial charge in [-0.05, 0) is 46.3 Å². The predicted octanol–water partition coefficient (Wildman–Crippen LogP) is 3.11. The summed E-state index contributed by atoms with van der Waals surface area (Å²) in [7, 11) is 0. The van der Waals surface area contributed by atoms with E-state index in [1.807, 2.05) is 6.07 Å². The molecule has 0 spiro atoms. The molecule has 19 heavy (non-hydrogen) atoms.